The fourth-order valence-electron chi connectivity index (χ4n) is 1.95. The molecule has 0 spiro atoms. The lowest BCUT2D eigenvalue weighted by atomic mass is 10.1. The van der Waals surface area contributed by atoms with Gasteiger partial charge in [0.05, 0.1) is 17.6 Å². The third-order valence-electron chi connectivity index (χ3n) is 3.03. The number of nitriles is 1. The number of hydrogen-bond donors (Lipinski definition) is 1. The van der Waals surface area contributed by atoms with E-state index in [9.17, 15) is 0 Å². The molecule has 0 aromatic carbocycles. The second-order valence-corrected chi connectivity index (χ2v) is 4.48. The highest BCUT2D eigenvalue weighted by Gasteiger charge is 2.10. The molecule has 0 aliphatic rings. The molecular weight excluding hydrogens is 252 g/mol. The molecule has 2 aromatic rings. The molecule has 0 amide bonds. The predicted octanol–water partition coefficient (Wildman–Crippen LogP) is 1.98. The molecule has 2 heterocycles. The van der Waals surface area contributed by atoms with Crippen molar-refractivity contribution < 1.29 is 0 Å². The minimum absolute atomic E-state index is 0.158. The number of aromatic nitrogens is 4. The van der Waals surface area contributed by atoms with E-state index in [4.69, 9.17) is 5.26 Å². The van der Waals surface area contributed by atoms with E-state index in [1.54, 1.807) is 10.9 Å². The smallest absolute Gasteiger partial charge is 0.252 e. The van der Waals surface area contributed by atoms with Gasteiger partial charge in [-0.15, -0.1) is 5.10 Å². The summed E-state index contributed by atoms with van der Waals surface area (Å²) in [5.41, 5.74) is 1.82. The highest BCUT2D eigenvalue weighted by molar-refractivity contribution is 5.29. The first-order chi connectivity index (χ1) is 9.78. The lowest BCUT2D eigenvalue weighted by Crippen LogP contribution is -2.22. The molecule has 0 fully saturated rings. The van der Waals surface area contributed by atoms with Gasteiger partial charge in [-0.25, -0.2) is 9.67 Å². The van der Waals surface area contributed by atoms with E-state index in [1.807, 2.05) is 18.2 Å². The van der Waals surface area contributed by atoms with Gasteiger partial charge in [-0.2, -0.15) is 5.26 Å². The van der Waals surface area contributed by atoms with Crippen molar-refractivity contribution in [2.75, 3.05) is 6.54 Å². The maximum Gasteiger partial charge on any atom is 0.252 e. The minimum atomic E-state index is 0.158. The van der Waals surface area contributed by atoms with Crippen LogP contribution in [0.15, 0.2) is 24.7 Å². The van der Waals surface area contributed by atoms with Crippen molar-refractivity contribution in [2.45, 2.75) is 32.7 Å². The molecule has 2 aromatic heterocycles. The first-order valence-electron chi connectivity index (χ1n) is 6.80. The third-order valence-corrected chi connectivity index (χ3v) is 3.03. The number of pyridine rings is 1. The fraction of sp³-hybridized carbons (Fsp3) is 0.429. The Morgan fingerprint density at radius 2 is 2.20 bits per heavy atom. The quantitative estimate of drug-likeness (QED) is 0.868. The Morgan fingerprint density at radius 3 is 2.75 bits per heavy atom. The van der Waals surface area contributed by atoms with Crippen LogP contribution in [-0.4, -0.2) is 26.3 Å². The van der Waals surface area contributed by atoms with E-state index in [-0.39, 0.29) is 11.9 Å². The largest absolute Gasteiger partial charge is 0.309 e. The molecule has 20 heavy (non-hydrogen) atoms. The van der Waals surface area contributed by atoms with Gasteiger partial charge in [0.15, 0.2) is 0 Å². The molecule has 6 heteroatoms. The zero-order valence-corrected chi connectivity index (χ0v) is 11.7. The summed E-state index contributed by atoms with van der Waals surface area (Å²) in [7, 11) is 0. The molecule has 2 rings (SSSR count). The van der Waals surface area contributed by atoms with Crippen LogP contribution < -0.4 is 5.32 Å². The van der Waals surface area contributed by atoms with Crippen molar-refractivity contribution in [1.82, 2.24) is 25.1 Å². The van der Waals surface area contributed by atoms with Crippen LogP contribution in [0.1, 0.15) is 44.2 Å². The lowest BCUT2D eigenvalue weighted by molar-refractivity contribution is 0.507. The van der Waals surface area contributed by atoms with Crippen molar-refractivity contribution >= 4 is 0 Å². The van der Waals surface area contributed by atoms with Crippen LogP contribution in [0.4, 0.5) is 0 Å². The van der Waals surface area contributed by atoms with E-state index < -0.39 is 0 Å². The SMILES string of the molecule is CCCNC(CC)c1ccc(-n2cnc(C#N)n2)cn1. The molecule has 0 aliphatic carbocycles. The van der Waals surface area contributed by atoms with E-state index >= 15 is 0 Å². The Bertz CT molecular complexity index is 580. The first-order valence-corrected chi connectivity index (χ1v) is 6.80. The van der Waals surface area contributed by atoms with Crippen LogP contribution in [0, 0.1) is 11.3 Å². The number of rotatable bonds is 6. The second-order valence-electron chi connectivity index (χ2n) is 4.48. The van der Waals surface area contributed by atoms with Crippen LogP contribution >= 0.6 is 0 Å². The van der Waals surface area contributed by atoms with Crippen molar-refractivity contribution in [3.8, 4) is 11.8 Å². The highest BCUT2D eigenvalue weighted by atomic mass is 15.3. The summed E-state index contributed by atoms with van der Waals surface area (Å²) < 4.78 is 1.55. The molecule has 0 saturated heterocycles. The molecule has 1 unspecified atom stereocenters. The molecule has 104 valence electrons. The van der Waals surface area contributed by atoms with E-state index in [0.717, 1.165) is 30.8 Å². The summed E-state index contributed by atoms with van der Waals surface area (Å²) in [4.78, 5) is 8.36. The summed E-state index contributed by atoms with van der Waals surface area (Å²) >= 11 is 0. The Kier molecular flexibility index (Phi) is 4.80. The van der Waals surface area contributed by atoms with Gasteiger partial charge in [0.2, 0.25) is 0 Å². The molecule has 0 radical (unpaired) electrons. The Morgan fingerprint density at radius 1 is 1.35 bits per heavy atom. The zero-order valence-electron chi connectivity index (χ0n) is 11.7. The molecular formula is C14H18N6. The number of nitrogens with zero attached hydrogens (tertiary/aromatic N) is 5. The van der Waals surface area contributed by atoms with Crippen molar-refractivity contribution in [3.05, 3.63) is 36.2 Å². The maximum absolute atomic E-state index is 8.72. The van der Waals surface area contributed by atoms with Crippen LogP contribution in [0.5, 0.6) is 0 Å². The summed E-state index contributed by atoms with van der Waals surface area (Å²) in [6.45, 7) is 5.27. The van der Waals surface area contributed by atoms with Crippen molar-refractivity contribution in [1.29, 1.82) is 5.26 Å². The Labute approximate surface area is 118 Å². The minimum Gasteiger partial charge on any atom is -0.309 e. The molecule has 0 saturated carbocycles. The average molecular weight is 270 g/mol. The summed E-state index contributed by atoms with van der Waals surface area (Å²) in [6, 6.07) is 6.10. The topological polar surface area (TPSA) is 79.4 Å². The molecule has 0 aliphatic heterocycles. The third kappa shape index (κ3) is 3.19. The summed E-state index contributed by atoms with van der Waals surface area (Å²) in [5.74, 6) is 0.158. The number of nitrogens with one attached hydrogen (secondary N) is 1. The van der Waals surface area contributed by atoms with Gasteiger partial charge in [-0.05, 0) is 31.5 Å². The summed E-state index contributed by atoms with van der Waals surface area (Å²) in [6.07, 6.45) is 5.36. The first kappa shape index (κ1) is 14.2. The molecule has 1 N–H and O–H groups in total. The normalized spacial score (nSPS) is 12.1. The van der Waals surface area contributed by atoms with Gasteiger partial charge in [0, 0.05) is 6.04 Å². The Hall–Kier alpha value is -2.26. The maximum atomic E-state index is 8.72. The highest BCUT2D eigenvalue weighted by Crippen LogP contribution is 2.15. The molecule has 6 nitrogen and oxygen atoms in total. The standard InChI is InChI=1S/C14H18N6/c1-3-7-16-12(4-2)13-6-5-11(9-17-13)20-10-18-14(8-15)19-20/h5-6,9-10,12,16H,3-4,7H2,1-2H3. The van der Waals surface area contributed by atoms with Gasteiger partial charge >= 0.3 is 0 Å². The van der Waals surface area contributed by atoms with Crippen LogP contribution in [0.3, 0.4) is 0 Å². The lowest BCUT2D eigenvalue weighted by Gasteiger charge is -2.16. The molecule has 0 bridgehead atoms. The monoisotopic (exact) mass is 270 g/mol. The molecule has 1 atom stereocenters. The number of hydrogen-bond acceptors (Lipinski definition) is 5. The van der Waals surface area contributed by atoms with Crippen molar-refractivity contribution in [3.63, 3.8) is 0 Å². The summed E-state index contributed by atoms with van der Waals surface area (Å²) in [5, 5.41) is 16.2. The fourth-order valence-corrected chi connectivity index (χ4v) is 1.95. The second kappa shape index (κ2) is 6.78. The van der Waals surface area contributed by atoms with Gasteiger partial charge in [0.1, 0.15) is 12.4 Å². The van der Waals surface area contributed by atoms with Gasteiger partial charge in [-0.1, -0.05) is 13.8 Å². The zero-order chi connectivity index (χ0) is 14.4. The van der Waals surface area contributed by atoms with Crippen LogP contribution in [0.25, 0.3) is 5.69 Å². The van der Waals surface area contributed by atoms with Gasteiger partial charge in [0.25, 0.3) is 5.82 Å². The van der Waals surface area contributed by atoms with E-state index in [2.05, 4.69) is 34.2 Å². The van der Waals surface area contributed by atoms with Crippen molar-refractivity contribution in [2.24, 2.45) is 0 Å². The van der Waals surface area contributed by atoms with Gasteiger partial charge < -0.3 is 5.32 Å². The average Bonchev–Trinajstić information content (AvgIpc) is 2.97. The predicted molar refractivity (Wildman–Crippen MR) is 75.2 cm³/mol. The van der Waals surface area contributed by atoms with E-state index in [1.165, 1.54) is 6.33 Å². The van der Waals surface area contributed by atoms with Crippen LogP contribution in [0.2, 0.25) is 0 Å². The van der Waals surface area contributed by atoms with E-state index in [0.29, 0.717) is 0 Å². The van der Waals surface area contributed by atoms with Gasteiger partial charge in [-0.3, -0.25) is 4.98 Å². The Balaban J connectivity index is 2.14. The van der Waals surface area contributed by atoms with Crippen LogP contribution in [-0.2, 0) is 0 Å².